The van der Waals surface area contributed by atoms with Crippen molar-refractivity contribution >= 4 is 0 Å². The summed E-state index contributed by atoms with van der Waals surface area (Å²) in [4.78, 5) is 0. The van der Waals surface area contributed by atoms with Crippen molar-refractivity contribution in [2.75, 3.05) is 6.61 Å². The maximum atomic E-state index is 5.27. The molecule has 0 heterocycles. The quantitative estimate of drug-likeness (QED) is 0.615. The van der Waals surface area contributed by atoms with Gasteiger partial charge in [-0.1, -0.05) is 12.1 Å². The van der Waals surface area contributed by atoms with E-state index in [1.807, 2.05) is 24.3 Å². The topological polar surface area (TPSA) is 9.23 Å². The fourth-order valence-corrected chi connectivity index (χ4v) is 0.658. The van der Waals surface area contributed by atoms with E-state index in [9.17, 15) is 0 Å². The Labute approximate surface area is 61.6 Å². The second-order valence-corrected chi connectivity index (χ2v) is 1.94. The van der Waals surface area contributed by atoms with Gasteiger partial charge >= 0.3 is 0 Å². The zero-order valence-corrected chi connectivity index (χ0v) is 5.84. The first-order chi connectivity index (χ1) is 4.93. The van der Waals surface area contributed by atoms with Gasteiger partial charge in [-0.2, -0.15) is 0 Å². The van der Waals surface area contributed by atoms with Crippen LogP contribution < -0.4 is 4.74 Å². The van der Waals surface area contributed by atoms with E-state index in [2.05, 4.69) is 13.0 Å². The molecule has 1 aromatic carbocycles. The molecule has 1 aromatic rings. The summed E-state index contributed by atoms with van der Waals surface area (Å²) in [5, 5.41) is 0. The Morgan fingerprint density at radius 2 is 2.10 bits per heavy atom. The minimum absolute atomic E-state index is 0.685. The zero-order valence-electron chi connectivity index (χ0n) is 5.84. The van der Waals surface area contributed by atoms with E-state index in [1.165, 1.54) is 0 Å². The van der Waals surface area contributed by atoms with Crippen LogP contribution in [0.3, 0.4) is 0 Å². The van der Waals surface area contributed by atoms with E-state index in [1.54, 1.807) is 0 Å². The third kappa shape index (κ3) is 2.09. The van der Waals surface area contributed by atoms with Crippen molar-refractivity contribution in [2.45, 2.75) is 6.42 Å². The highest BCUT2D eigenvalue weighted by Crippen LogP contribution is 2.07. The van der Waals surface area contributed by atoms with Crippen molar-refractivity contribution in [3.05, 3.63) is 37.3 Å². The minimum Gasteiger partial charge on any atom is -0.494 e. The van der Waals surface area contributed by atoms with Gasteiger partial charge in [0.2, 0.25) is 0 Å². The van der Waals surface area contributed by atoms with Gasteiger partial charge in [0.25, 0.3) is 0 Å². The summed E-state index contributed by atoms with van der Waals surface area (Å²) in [6, 6.07) is 10.3. The van der Waals surface area contributed by atoms with Gasteiger partial charge in [-0.15, -0.1) is 0 Å². The second kappa shape index (κ2) is 3.94. The lowest BCUT2D eigenvalue weighted by molar-refractivity contribution is 0.324. The van der Waals surface area contributed by atoms with Crippen molar-refractivity contribution in [3.8, 4) is 5.75 Å². The number of hydrogen-bond donors (Lipinski definition) is 0. The van der Waals surface area contributed by atoms with Gasteiger partial charge in [0.15, 0.2) is 0 Å². The number of rotatable bonds is 3. The first-order valence-electron chi connectivity index (χ1n) is 3.31. The molecule has 0 bridgehead atoms. The summed E-state index contributed by atoms with van der Waals surface area (Å²) in [6.45, 7) is 4.35. The molecular weight excluding hydrogens is 124 g/mol. The Hall–Kier alpha value is -0.980. The third-order valence-corrected chi connectivity index (χ3v) is 1.10. The number of benzene rings is 1. The largest absolute Gasteiger partial charge is 0.494 e. The average Bonchev–Trinajstić information content (AvgIpc) is 2.03. The van der Waals surface area contributed by atoms with Crippen LogP contribution >= 0.6 is 0 Å². The molecule has 0 spiro atoms. The molecule has 1 rings (SSSR count). The van der Waals surface area contributed by atoms with Crippen molar-refractivity contribution in [3.63, 3.8) is 0 Å². The third-order valence-electron chi connectivity index (χ3n) is 1.10. The molecule has 0 atom stereocenters. The smallest absolute Gasteiger partial charge is 0.119 e. The molecule has 0 aliphatic rings. The molecule has 1 nitrogen and oxygen atoms in total. The molecule has 10 heavy (non-hydrogen) atoms. The molecule has 0 aliphatic heterocycles. The Kier molecular flexibility index (Phi) is 2.81. The van der Waals surface area contributed by atoms with Gasteiger partial charge in [0.1, 0.15) is 5.75 Å². The Bertz CT molecular complexity index is 169. The zero-order chi connectivity index (χ0) is 7.23. The van der Waals surface area contributed by atoms with Gasteiger partial charge in [-0.3, -0.25) is 0 Å². The van der Waals surface area contributed by atoms with E-state index in [0.29, 0.717) is 6.61 Å². The van der Waals surface area contributed by atoms with E-state index in [4.69, 9.17) is 4.74 Å². The van der Waals surface area contributed by atoms with Crippen molar-refractivity contribution in [2.24, 2.45) is 0 Å². The normalized spacial score (nSPS) is 9.30. The Balaban J connectivity index is 2.43. The van der Waals surface area contributed by atoms with Gasteiger partial charge in [0, 0.05) is 0 Å². The number of hydrogen-bond acceptors (Lipinski definition) is 1. The van der Waals surface area contributed by atoms with E-state index in [0.717, 1.165) is 12.2 Å². The van der Waals surface area contributed by atoms with Crippen LogP contribution in [0.25, 0.3) is 0 Å². The lowest BCUT2D eigenvalue weighted by Crippen LogP contribution is -1.93. The standard InChI is InChI=1S/C9H10O/c1-2-8-10-9-6-4-3-5-7-9/h4-7H,1-2,8H2. The predicted molar refractivity (Wildman–Crippen MR) is 40.7 cm³/mol. The lowest BCUT2D eigenvalue weighted by Gasteiger charge is -2.01. The SMILES string of the molecule is [CH2]CCOc1cc[c]cc1. The summed E-state index contributed by atoms with van der Waals surface area (Å²) in [5.41, 5.74) is 0. The van der Waals surface area contributed by atoms with Crippen LogP contribution in [-0.4, -0.2) is 6.61 Å². The lowest BCUT2D eigenvalue weighted by atomic mass is 10.3. The number of ether oxygens (including phenoxy) is 1. The maximum Gasteiger partial charge on any atom is 0.119 e. The van der Waals surface area contributed by atoms with Crippen LogP contribution in [0.1, 0.15) is 6.42 Å². The van der Waals surface area contributed by atoms with Gasteiger partial charge in [-0.05, 0) is 31.5 Å². The maximum absolute atomic E-state index is 5.27. The van der Waals surface area contributed by atoms with Gasteiger partial charge < -0.3 is 4.74 Å². The molecule has 0 aromatic heterocycles. The molecule has 52 valence electrons. The summed E-state index contributed by atoms with van der Waals surface area (Å²) < 4.78 is 5.27. The van der Waals surface area contributed by atoms with E-state index in [-0.39, 0.29) is 0 Å². The first-order valence-corrected chi connectivity index (χ1v) is 3.31. The molecule has 0 N–H and O–H groups in total. The second-order valence-electron chi connectivity index (χ2n) is 1.94. The van der Waals surface area contributed by atoms with E-state index < -0.39 is 0 Å². The summed E-state index contributed by atoms with van der Waals surface area (Å²) in [6.07, 6.45) is 0.804. The molecule has 1 heteroatoms. The van der Waals surface area contributed by atoms with E-state index >= 15 is 0 Å². The predicted octanol–water partition coefficient (Wildman–Crippen LogP) is 2.09. The van der Waals surface area contributed by atoms with Gasteiger partial charge in [0.05, 0.1) is 6.61 Å². The fourth-order valence-electron chi connectivity index (χ4n) is 0.658. The first kappa shape index (κ1) is 7.13. The highest BCUT2D eigenvalue weighted by atomic mass is 16.5. The van der Waals surface area contributed by atoms with Crippen LogP contribution in [0.4, 0.5) is 0 Å². The molecule has 0 fully saturated rings. The van der Waals surface area contributed by atoms with Crippen molar-refractivity contribution < 1.29 is 4.74 Å². The van der Waals surface area contributed by atoms with Crippen LogP contribution in [-0.2, 0) is 0 Å². The van der Waals surface area contributed by atoms with Crippen molar-refractivity contribution in [1.82, 2.24) is 0 Å². The Morgan fingerprint density at radius 3 is 2.70 bits per heavy atom. The fraction of sp³-hybridized carbons (Fsp3) is 0.222. The van der Waals surface area contributed by atoms with Gasteiger partial charge in [-0.25, -0.2) is 0 Å². The minimum atomic E-state index is 0.685. The highest BCUT2D eigenvalue weighted by molar-refractivity contribution is 5.20. The monoisotopic (exact) mass is 134 g/mol. The molecule has 0 saturated heterocycles. The van der Waals surface area contributed by atoms with Crippen LogP contribution in [0.2, 0.25) is 0 Å². The summed E-state index contributed by atoms with van der Waals surface area (Å²) in [5.74, 6) is 0.891. The van der Waals surface area contributed by atoms with Crippen LogP contribution in [0.5, 0.6) is 5.75 Å². The molecule has 0 aliphatic carbocycles. The average molecular weight is 134 g/mol. The highest BCUT2D eigenvalue weighted by Gasteiger charge is 1.86. The Morgan fingerprint density at radius 1 is 1.40 bits per heavy atom. The summed E-state index contributed by atoms with van der Waals surface area (Å²) in [7, 11) is 0. The molecular formula is C9H10O. The van der Waals surface area contributed by atoms with Crippen LogP contribution in [0, 0.1) is 13.0 Å². The van der Waals surface area contributed by atoms with Crippen molar-refractivity contribution in [1.29, 1.82) is 0 Å². The van der Waals surface area contributed by atoms with Crippen LogP contribution in [0.15, 0.2) is 24.3 Å². The molecule has 0 saturated carbocycles. The molecule has 2 radical (unpaired) electrons. The summed E-state index contributed by atoms with van der Waals surface area (Å²) >= 11 is 0. The molecule has 0 amide bonds. The molecule has 0 unspecified atom stereocenters.